The lowest BCUT2D eigenvalue weighted by Crippen LogP contribution is -2.44. The highest BCUT2D eigenvalue weighted by atomic mass is 19.1. The fourth-order valence-electron chi connectivity index (χ4n) is 2.36. The molecule has 1 fully saturated rings. The van der Waals surface area contributed by atoms with Crippen molar-refractivity contribution in [2.24, 2.45) is 5.92 Å². The molecule has 1 heterocycles. The summed E-state index contributed by atoms with van der Waals surface area (Å²) in [4.78, 5) is 12.2. The van der Waals surface area contributed by atoms with E-state index in [-0.39, 0.29) is 23.7 Å². The molecule has 18 heavy (non-hydrogen) atoms. The topological polar surface area (TPSA) is 41.1 Å². The first kappa shape index (κ1) is 13.0. The summed E-state index contributed by atoms with van der Waals surface area (Å²) in [5.74, 6) is -0.393. The van der Waals surface area contributed by atoms with E-state index in [1.165, 1.54) is 12.1 Å². The predicted octanol–water partition coefficient (Wildman–Crippen LogP) is 2.46. The SMILES string of the molecule is Cc1ccc(F)cc1NC(=O)C1CCCNC1C. The molecule has 2 N–H and O–H groups in total. The largest absolute Gasteiger partial charge is 0.325 e. The maximum absolute atomic E-state index is 13.2. The Kier molecular flexibility index (Phi) is 3.97. The zero-order valence-corrected chi connectivity index (χ0v) is 10.8. The van der Waals surface area contributed by atoms with Gasteiger partial charge in [-0.25, -0.2) is 4.39 Å². The van der Waals surface area contributed by atoms with Gasteiger partial charge in [0.1, 0.15) is 5.82 Å². The van der Waals surface area contributed by atoms with Crippen molar-refractivity contribution < 1.29 is 9.18 Å². The van der Waals surface area contributed by atoms with Crippen LogP contribution in [-0.4, -0.2) is 18.5 Å². The Labute approximate surface area is 107 Å². The molecule has 2 atom stereocenters. The number of carbonyl (C=O) groups is 1. The molecule has 0 spiro atoms. The van der Waals surface area contributed by atoms with Crippen molar-refractivity contribution in [2.75, 3.05) is 11.9 Å². The Hall–Kier alpha value is -1.42. The number of hydrogen-bond donors (Lipinski definition) is 2. The van der Waals surface area contributed by atoms with Gasteiger partial charge in [0.2, 0.25) is 5.91 Å². The highest BCUT2D eigenvalue weighted by Crippen LogP contribution is 2.21. The van der Waals surface area contributed by atoms with E-state index < -0.39 is 0 Å². The normalized spacial score (nSPS) is 23.7. The number of nitrogens with one attached hydrogen (secondary N) is 2. The smallest absolute Gasteiger partial charge is 0.229 e. The minimum atomic E-state index is -0.328. The lowest BCUT2D eigenvalue weighted by Gasteiger charge is -2.29. The molecule has 3 nitrogen and oxygen atoms in total. The lowest BCUT2D eigenvalue weighted by atomic mass is 9.91. The van der Waals surface area contributed by atoms with Gasteiger partial charge in [-0.05, 0) is 50.9 Å². The third kappa shape index (κ3) is 2.88. The molecule has 4 heteroatoms. The van der Waals surface area contributed by atoms with E-state index in [4.69, 9.17) is 0 Å². The van der Waals surface area contributed by atoms with Crippen LogP contribution in [0.4, 0.5) is 10.1 Å². The minimum Gasteiger partial charge on any atom is -0.325 e. The van der Waals surface area contributed by atoms with Crippen LogP contribution in [-0.2, 0) is 4.79 Å². The van der Waals surface area contributed by atoms with Crippen molar-refractivity contribution in [3.8, 4) is 0 Å². The Morgan fingerprint density at radius 2 is 2.28 bits per heavy atom. The van der Waals surface area contributed by atoms with Gasteiger partial charge >= 0.3 is 0 Å². The zero-order valence-electron chi connectivity index (χ0n) is 10.8. The maximum atomic E-state index is 13.2. The number of aryl methyl sites for hydroxylation is 1. The van der Waals surface area contributed by atoms with E-state index in [1.807, 2.05) is 13.8 Å². The molecule has 1 amide bonds. The molecule has 0 radical (unpaired) electrons. The third-order valence-electron chi connectivity index (χ3n) is 3.56. The molecule has 0 bridgehead atoms. The van der Waals surface area contributed by atoms with Crippen molar-refractivity contribution in [3.63, 3.8) is 0 Å². The van der Waals surface area contributed by atoms with Crippen LogP contribution in [0, 0.1) is 18.7 Å². The van der Waals surface area contributed by atoms with Crippen LogP contribution in [0.25, 0.3) is 0 Å². The van der Waals surface area contributed by atoms with Crippen molar-refractivity contribution in [1.29, 1.82) is 0 Å². The van der Waals surface area contributed by atoms with Gasteiger partial charge in [-0.15, -0.1) is 0 Å². The zero-order chi connectivity index (χ0) is 13.1. The molecule has 0 aromatic heterocycles. The van der Waals surface area contributed by atoms with E-state index in [2.05, 4.69) is 10.6 Å². The molecule has 2 unspecified atom stereocenters. The van der Waals surface area contributed by atoms with Crippen LogP contribution in [0.2, 0.25) is 0 Å². The molecule has 1 saturated heterocycles. The first-order chi connectivity index (χ1) is 8.58. The Bertz CT molecular complexity index is 447. The first-order valence-electron chi connectivity index (χ1n) is 6.38. The molecule has 1 aromatic rings. The van der Waals surface area contributed by atoms with E-state index in [0.29, 0.717) is 5.69 Å². The van der Waals surface area contributed by atoms with E-state index in [0.717, 1.165) is 24.9 Å². The standard InChI is InChI=1S/C14H19FN2O/c1-9-5-6-11(15)8-13(9)17-14(18)12-4-3-7-16-10(12)2/h5-6,8,10,12,16H,3-4,7H2,1-2H3,(H,17,18). The summed E-state index contributed by atoms with van der Waals surface area (Å²) in [5.41, 5.74) is 1.44. The van der Waals surface area contributed by atoms with Crippen LogP contribution in [0.3, 0.4) is 0 Å². The van der Waals surface area contributed by atoms with Crippen LogP contribution in [0.5, 0.6) is 0 Å². The molecule has 1 aliphatic rings. The van der Waals surface area contributed by atoms with Gasteiger partial charge in [0.15, 0.2) is 0 Å². The van der Waals surface area contributed by atoms with E-state index in [9.17, 15) is 9.18 Å². The molecule has 98 valence electrons. The highest BCUT2D eigenvalue weighted by Gasteiger charge is 2.27. The van der Waals surface area contributed by atoms with Crippen LogP contribution < -0.4 is 10.6 Å². The van der Waals surface area contributed by atoms with Crippen LogP contribution >= 0.6 is 0 Å². The monoisotopic (exact) mass is 250 g/mol. The molecule has 0 saturated carbocycles. The number of benzene rings is 1. The Morgan fingerprint density at radius 1 is 1.50 bits per heavy atom. The van der Waals surface area contributed by atoms with Gasteiger partial charge in [-0.1, -0.05) is 6.07 Å². The summed E-state index contributed by atoms with van der Waals surface area (Å²) in [6, 6.07) is 4.62. The Balaban J connectivity index is 2.08. The molecule has 2 rings (SSSR count). The third-order valence-corrected chi connectivity index (χ3v) is 3.56. The summed E-state index contributed by atoms with van der Waals surface area (Å²) in [5, 5.41) is 6.12. The fourth-order valence-corrected chi connectivity index (χ4v) is 2.36. The number of carbonyl (C=O) groups excluding carboxylic acids is 1. The molecular weight excluding hydrogens is 231 g/mol. The van der Waals surface area contributed by atoms with Gasteiger partial charge in [0, 0.05) is 11.7 Å². The van der Waals surface area contributed by atoms with Crippen molar-refractivity contribution in [1.82, 2.24) is 5.32 Å². The second-order valence-electron chi connectivity index (χ2n) is 4.94. The predicted molar refractivity (Wildman–Crippen MR) is 70.0 cm³/mol. The number of halogens is 1. The van der Waals surface area contributed by atoms with Gasteiger partial charge in [-0.3, -0.25) is 4.79 Å². The van der Waals surface area contributed by atoms with E-state index >= 15 is 0 Å². The van der Waals surface area contributed by atoms with E-state index in [1.54, 1.807) is 6.07 Å². The molecule has 0 aliphatic carbocycles. The highest BCUT2D eigenvalue weighted by molar-refractivity contribution is 5.93. The molecular formula is C14H19FN2O. The first-order valence-corrected chi connectivity index (χ1v) is 6.38. The number of hydrogen-bond acceptors (Lipinski definition) is 2. The summed E-state index contributed by atoms with van der Waals surface area (Å²) >= 11 is 0. The van der Waals surface area contributed by atoms with Gasteiger partial charge in [-0.2, -0.15) is 0 Å². The van der Waals surface area contributed by atoms with Crippen molar-refractivity contribution >= 4 is 11.6 Å². The van der Waals surface area contributed by atoms with Crippen molar-refractivity contribution in [2.45, 2.75) is 32.7 Å². The second kappa shape index (κ2) is 5.48. The average molecular weight is 250 g/mol. The van der Waals surface area contributed by atoms with Crippen molar-refractivity contribution in [3.05, 3.63) is 29.6 Å². The number of anilines is 1. The average Bonchev–Trinajstić information content (AvgIpc) is 2.34. The number of amides is 1. The summed E-state index contributed by atoms with van der Waals surface area (Å²) < 4.78 is 13.2. The summed E-state index contributed by atoms with van der Waals surface area (Å²) in [6.07, 6.45) is 1.89. The molecule has 1 aromatic carbocycles. The number of rotatable bonds is 2. The quantitative estimate of drug-likeness (QED) is 0.846. The molecule has 1 aliphatic heterocycles. The van der Waals surface area contributed by atoms with Crippen LogP contribution in [0.15, 0.2) is 18.2 Å². The number of piperidine rings is 1. The lowest BCUT2D eigenvalue weighted by molar-refractivity contribution is -0.121. The second-order valence-corrected chi connectivity index (χ2v) is 4.94. The van der Waals surface area contributed by atoms with Gasteiger partial charge in [0.25, 0.3) is 0 Å². The minimum absolute atomic E-state index is 0.0246. The summed E-state index contributed by atoms with van der Waals surface area (Å²) in [7, 11) is 0. The maximum Gasteiger partial charge on any atom is 0.229 e. The van der Waals surface area contributed by atoms with Crippen LogP contribution in [0.1, 0.15) is 25.3 Å². The fraction of sp³-hybridized carbons (Fsp3) is 0.500. The van der Waals surface area contributed by atoms with Gasteiger partial charge < -0.3 is 10.6 Å². The van der Waals surface area contributed by atoms with Gasteiger partial charge in [0.05, 0.1) is 5.92 Å². The Morgan fingerprint density at radius 3 is 3.00 bits per heavy atom. The summed E-state index contributed by atoms with van der Waals surface area (Å²) in [6.45, 7) is 4.84.